The molecule has 1 saturated heterocycles. The number of amides is 1. The molecule has 1 aliphatic heterocycles. The van der Waals surface area contributed by atoms with Gasteiger partial charge in [0.1, 0.15) is 23.3 Å². The molecular formula is C38H33N3O9. The third kappa shape index (κ3) is 5.90. The van der Waals surface area contributed by atoms with Crippen LogP contribution in [0, 0.1) is 0 Å². The average molecular weight is 676 g/mol. The summed E-state index contributed by atoms with van der Waals surface area (Å²) in [5, 5.41) is 25.6. The van der Waals surface area contributed by atoms with E-state index in [0.717, 1.165) is 10.8 Å². The van der Waals surface area contributed by atoms with Gasteiger partial charge >= 0.3 is 5.69 Å². The normalized spacial score (nSPS) is 21.7. The van der Waals surface area contributed by atoms with Crippen LogP contribution in [0.3, 0.4) is 0 Å². The van der Waals surface area contributed by atoms with E-state index in [1.807, 2.05) is 60.7 Å². The number of aliphatic hydroxyl groups excluding tert-OH is 1. The molecule has 0 spiro atoms. The van der Waals surface area contributed by atoms with Gasteiger partial charge in [0.15, 0.2) is 30.0 Å². The lowest BCUT2D eigenvalue weighted by molar-refractivity contribution is -0.186. The summed E-state index contributed by atoms with van der Waals surface area (Å²) in [4.78, 5) is 55.3. The summed E-state index contributed by atoms with van der Waals surface area (Å²) in [6, 6.07) is 34.8. The number of nitrogens with zero attached hydrogens (tertiary/aromatic N) is 2. The SMILES string of the molecule is COc1ccc(C(OC[C@@]2(C=O)O[C@@H](n3ccc(NC(=O)c4ccccc4)nc3=O)[C@H](O)[C@@]2(O)C=O)(c2ccccc2)c2ccccc2)cc1. The number of rotatable bonds is 12. The van der Waals surface area contributed by atoms with Crippen LogP contribution in [0.2, 0.25) is 0 Å². The number of benzene rings is 4. The summed E-state index contributed by atoms with van der Waals surface area (Å²) in [6.45, 7) is -0.761. The molecule has 2 heterocycles. The molecule has 1 amide bonds. The van der Waals surface area contributed by atoms with Crippen molar-refractivity contribution in [3.8, 4) is 5.75 Å². The van der Waals surface area contributed by atoms with Gasteiger partial charge in [0.05, 0.1) is 13.7 Å². The quantitative estimate of drug-likeness (QED) is 0.132. The molecule has 3 N–H and O–H groups in total. The summed E-state index contributed by atoms with van der Waals surface area (Å²) in [5.74, 6) is -0.0338. The predicted octanol–water partition coefficient (Wildman–Crippen LogP) is 3.27. The molecule has 0 unspecified atom stereocenters. The highest BCUT2D eigenvalue weighted by atomic mass is 16.6. The first-order chi connectivity index (χ1) is 24.2. The van der Waals surface area contributed by atoms with Crippen LogP contribution in [0.1, 0.15) is 33.3 Å². The number of hydrogen-bond acceptors (Lipinski definition) is 10. The van der Waals surface area contributed by atoms with Gasteiger partial charge in [0.2, 0.25) is 0 Å². The van der Waals surface area contributed by atoms with Gasteiger partial charge in [-0.25, -0.2) is 4.79 Å². The minimum Gasteiger partial charge on any atom is -0.497 e. The summed E-state index contributed by atoms with van der Waals surface area (Å²) >= 11 is 0. The van der Waals surface area contributed by atoms with Crippen LogP contribution >= 0.6 is 0 Å². The summed E-state index contributed by atoms with van der Waals surface area (Å²) in [6.07, 6.45) is -2.54. The molecule has 1 aliphatic rings. The number of nitrogens with one attached hydrogen (secondary N) is 1. The smallest absolute Gasteiger partial charge is 0.351 e. The molecule has 0 aliphatic carbocycles. The Morgan fingerprint density at radius 2 is 1.44 bits per heavy atom. The van der Waals surface area contributed by atoms with Crippen molar-refractivity contribution < 1.29 is 38.8 Å². The molecule has 1 aromatic heterocycles. The molecule has 12 heteroatoms. The van der Waals surface area contributed by atoms with E-state index in [4.69, 9.17) is 14.2 Å². The van der Waals surface area contributed by atoms with E-state index in [2.05, 4.69) is 10.3 Å². The van der Waals surface area contributed by atoms with E-state index >= 15 is 0 Å². The minimum atomic E-state index is -2.88. The molecule has 4 atom stereocenters. The fraction of sp³-hybridized carbons (Fsp3) is 0.184. The zero-order valence-corrected chi connectivity index (χ0v) is 26.8. The zero-order chi connectivity index (χ0) is 35.4. The Bertz CT molecular complexity index is 1980. The van der Waals surface area contributed by atoms with Crippen LogP contribution in [-0.4, -0.2) is 69.3 Å². The second-order valence-electron chi connectivity index (χ2n) is 11.7. The van der Waals surface area contributed by atoms with E-state index < -0.39 is 47.3 Å². The molecule has 6 rings (SSSR count). The third-order valence-electron chi connectivity index (χ3n) is 8.84. The van der Waals surface area contributed by atoms with Gasteiger partial charge in [0.25, 0.3) is 5.91 Å². The maximum Gasteiger partial charge on any atom is 0.351 e. The molecule has 0 saturated carbocycles. The second kappa shape index (κ2) is 14.0. The van der Waals surface area contributed by atoms with Crippen molar-refractivity contribution in [3.63, 3.8) is 0 Å². The lowest BCUT2D eigenvalue weighted by atomic mass is 9.79. The maximum absolute atomic E-state index is 13.2. The number of anilines is 1. The molecule has 1 fully saturated rings. The Morgan fingerprint density at radius 1 is 0.880 bits per heavy atom. The van der Waals surface area contributed by atoms with Crippen LogP contribution < -0.4 is 15.7 Å². The Labute approximate surface area is 286 Å². The highest BCUT2D eigenvalue weighted by Crippen LogP contribution is 2.46. The third-order valence-corrected chi connectivity index (χ3v) is 8.84. The molecule has 50 heavy (non-hydrogen) atoms. The first-order valence-electron chi connectivity index (χ1n) is 15.6. The van der Waals surface area contributed by atoms with Crippen molar-refractivity contribution in [1.29, 1.82) is 0 Å². The van der Waals surface area contributed by atoms with Gasteiger partial charge in [-0.05, 0) is 47.0 Å². The first-order valence-corrected chi connectivity index (χ1v) is 15.6. The Kier molecular flexibility index (Phi) is 9.53. The highest BCUT2D eigenvalue weighted by molar-refractivity contribution is 6.03. The predicted molar refractivity (Wildman–Crippen MR) is 181 cm³/mol. The van der Waals surface area contributed by atoms with Gasteiger partial charge in [-0.2, -0.15) is 4.98 Å². The zero-order valence-electron chi connectivity index (χ0n) is 26.8. The Hall–Kier alpha value is -5.79. The molecule has 0 bridgehead atoms. The highest BCUT2D eigenvalue weighted by Gasteiger charge is 2.67. The van der Waals surface area contributed by atoms with Crippen molar-refractivity contribution in [3.05, 3.63) is 160 Å². The fourth-order valence-corrected chi connectivity index (χ4v) is 6.12. The largest absolute Gasteiger partial charge is 0.497 e. The number of aromatic nitrogens is 2. The molecular weight excluding hydrogens is 642 g/mol. The van der Waals surface area contributed by atoms with Gasteiger partial charge in [-0.1, -0.05) is 91.0 Å². The number of carbonyl (C=O) groups is 3. The molecule has 4 aromatic carbocycles. The first kappa shape index (κ1) is 34.1. The Balaban J connectivity index is 1.39. The van der Waals surface area contributed by atoms with E-state index in [1.165, 1.54) is 13.2 Å². The van der Waals surface area contributed by atoms with Crippen LogP contribution in [0.15, 0.2) is 132 Å². The maximum atomic E-state index is 13.2. The van der Waals surface area contributed by atoms with Crippen molar-refractivity contribution >= 4 is 24.3 Å². The number of ether oxygens (including phenoxy) is 3. The number of aldehydes is 2. The lowest BCUT2D eigenvalue weighted by Crippen LogP contribution is -2.62. The van der Waals surface area contributed by atoms with Gasteiger partial charge in [-0.3, -0.25) is 19.0 Å². The lowest BCUT2D eigenvalue weighted by Gasteiger charge is -2.40. The minimum absolute atomic E-state index is 0.00242. The summed E-state index contributed by atoms with van der Waals surface area (Å²) in [7, 11) is 1.54. The van der Waals surface area contributed by atoms with E-state index in [1.54, 1.807) is 54.6 Å². The Morgan fingerprint density at radius 3 is 1.96 bits per heavy atom. The average Bonchev–Trinajstić information content (AvgIpc) is 3.39. The molecule has 5 aromatic rings. The molecule has 0 radical (unpaired) electrons. The molecule has 254 valence electrons. The van der Waals surface area contributed by atoms with Crippen LogP contribution in [0.25, 0.3) is 0 Å². The van der Waals surface area contributed by atoms with Crippen molar-refractivity contribution in [1.82, 2.24) is 9.55 Å². The monoisotopic (exact) mass is 675 g/mol. The number of hydrogen-bond donors (Lipinski definition) is 3. The topological polar surface area (TPSA) is 166 Å². The van der Waals surface area contributed by atoms with Crippen LogP contribution in [-0.2, 0) is 24.7 Å². The number of methoxy groups -OCH3 is 1. The van der Waals surface area contributed by atoms with E-state index in [9.17, 15) is 29.4 Å². The van der Waals surface area contributed by atoms with Gasteiger partial charge < -0.3 is 29.7 Å². The van der Waals surface area contributed by atoms with E-state index in [-0.39, 0.29) is 18.4 Å². The molecule has 12 nitrogen and oxygen atoms in total. The van der Waals surface area contributed by atoms with Gasteiger partial charge in [-0.15, -0.1) is 0 Å². The fourth-order valence-electron chi connectivity index (χ4n) is 6.12. The standard InChI is InChI=1S/C38H33N3O9/c1-48-30-19-17-29(18-20-30)38(27-13-7-3-8-14-27,28-15-9-4-10-16-28)49-25-36(23-42)37(47,24-43)32(44)34(50-36)41-22-21-31(40-35(41)46)39-33(45)26-11-5-2-6-12-26/h2-24,32,34,44,47H,25H2,1H3,(H,39,40,45,46)/t32-,34+,36+,37-/m0/s1. The van der Waals surface area contributed by atoms with Crippen molar-refractivity contribution in [2.24, 2.45) is 0 Å². The van der Waals surface area contributed by atoms with Crippen molar-refractivity contribution in [2.45, 2.75) is 29.1 Å². The van der Waals surface area contributed by atoms with E-state index in [0.29, 0.717) is 28.0 Å². The second-order valence-corrected chi connectivity index (χ2v) is 11.7. The van der Waals surface area contributed by atoms with Gasteiger partial charge in [0, 0.05) is 11.8 Å². The summed E-state index contributed by atoms with van der Waals surface area (Å²) < 4.78 is 18.9. The van der Waals surface area contributed by atoms with Crippen LogP contribution in [0.4, 0.5) is 5.82 Å². The van der Waals surface area contributed by atoms with Crippen LogP contribution in [0.5, 0.6) is 5.75 Å². The summed E-state index contributed by atoms with van der Waals surface area (Å²) in [5.41, 5.74) is -5.63. The van der Waals surface area contributed by atoms with Crippen molar-refractivity contribution in [2.75, 3.05) is 19.0 Å². The number of carbonyl (C=O) groups excluding carboxylic acids is 3. The number of aliphatic hydroxyl groups is 2.